The SMILES string of the molecule is Cc1ccc(S(=O)Cc2ccc(N)c(F)c2)cc1C. The van der Waals surface area contributed by atoms with Crippen LogP contribution < -0.4 is 5.73 Å². The fourth-order valence-corrected chi connectivity index (χ4v) is 2.93. The molecule has 0 bridgehead atoms. The lowest BCUT2D eigenvalue weighted by Crippen LogP contribution is -1.99. The van der Waals surface area contributed by atoms with Crippen LogP contribution in [-0.2, 0) is 16.6 Å². The molecule has 2 rings (SSSR count). The Labute approximate surface area is 114 Å². The van der Waals surface area contributed by atoms with Crippen molar-refractivity contribution in [1.82, 2.24) is 0 Å². The standard InChI is InChI=1S/C15H16FNOS/c1-10-3-5-13(7-11(10)2)19(18)9-12-4-6-15(17)14(16)8-12/h3-8H,9,17H2,1-2H3. The van der Waals surface area contributed by atoms with Gasteiger partial charge in [0.25, 0.3) is 0 Å². The summed E-state index contributed by atoms with van der Waals surface area (Å²) in [7, 11) is -1.18. The summed E-state index contributed by atoms with van der Waals surface area (Å²) in [4.78, 5) is 0.764. The molecule has 100 valence electrons. The Kier molecular flexibility index (Phi) is 4.00. The van der Waals surface area contributed by atoms with E-state index in [1.54, 1.807) is 6.07 Å². The topological polar surface area (TPSA) is 43.1 Å². The number of hydrogen-bond acceptors (Lipinski definition) is 2. The van der Waals surface area contributed by atoms with Crippen molar-refractivity contribution >= 4 is 16.5 Å². The van der Waals surface area contributed by atoms with Gasteiger partial charge in [-0.15, -0.1) is 0 Å². The molecule has 0 fully saturated rings. The molecular weight excluding hydrogens is 261 g/mol. The summed E-state index contributed by atoms with van der Waals surface area (Å²) in [5.41, 5.74) is 8.48. The first-order valence-corrected chi connectivity index (χ1v) is 7.29. The number of rotatable bonds is 3. The van der Waals surface area contributed by atoms with Crippen molar-refractivity contribution in [3.63, 3.8) is 0 Å². The molecule has 19 heavy (non-hydrogen) atoms. The minimum atomic E-state index is -1.18. The highest BCUT2D eigenvalue weighted by Gasteiger charge is 2.08. The fraction of sp³-hybridized carbons (Fsp3) is 0.200. The Balaban J connectivity index is 2.20. The molecule has 0 aliphatic rings. The Bertz CT molecular complexity index is 640. The predicted molar refractivity (Wildman–Crippen MR) is 76.8 cm³/mol. The van der Waals surface area contributed by atoms with Crippen LogP contribution in [0.3, 0.4) is 0 Å². The van der Waals surface area contributed by atoms with E-state index in [9.17, 15) is 8.60 Å². The van der Waals surface area contributed by atoms with Gasteiger partial charge in [0.2, 0.25) is 0 Å². The van der Waals surface area contributed by atoms with Crippen LogP contribution in [0, 0.1) is 19.7 Å². The van der Waals surface area contributed by atoms with Crippen molar-refractivity contribution in [2.24, 2.45) is 0 Å². The van der Waals surface area contributed by atoms with Crippen LogP contribution in [0.2, 0.25) is 0 Å². The van der Waals surface area contributed by atoms with Crippen LogP contribution in [-0.4, -0.2) is 4.21 Å². The van der Waals surface area contributed by atoms with Crippen molar-refractivity contribution in [3.05, 3.63) is 58.9 Å². The summed E-state index contributed by atoms with van der Waals surface area (Å²) < 4.78 is 25.6. The van der Waals surface area contributed by atoms with Crippen LogP contribution in [0.25, 0.3) is 0 Å². The molecule has 2 N–H and O–H groups in total. The van der Waals surface area contributed by atoms with Gasteiger partial charge >= 0.3 is 0 Å². The van der Waals surface area contributed by atoms with Gasteiger partial charge in [-0.25, -0.2) is 4.39 Å². The van der Waals surface area contributed by atoms with Gasteiger partial charge in [0, 0.05) is 4.90 Å². The molecule has 0 saturated heterocycles. The van der Waals surface area contributed by atoms with Gasteiger partial charge in [0.05, 0.1) is 22.2 Å². The largest absolute Gasteiger partial charge is 0.396 e. The monoisotopic (exact) mass is 277 g/mol. The Morgan fingerprint density at radius 3 is 2.47 bits per heavy atom. The smallest absolute Gasteiger partial charge is 0.146 e. The van der Waals surface area contributed by atoms with Gasteiger partial charge in [-0.3, -0.25) is 4.21 Å². The highest BCUT2D eigenvalue weighted by Crippen LogP contribution is 2.18. The van der Waals surface area contributed by atoms with E-state index in [0.29, 0.717) is 11.3 Å². The number of hydrogen-bond donors (Lipinski definition) is 1. The Morgan fingerprint density at radius 2 is 1.84 bits per heavy atom. The normalized spacial score (nSPS) is 12.4. The third kappa shape index (κ3) is 3.20. The van der Waals surface area contributed by atoms with E-state index in [4.69, 9.17) is 5.73 Å². The van der Waals surface area contributed by atoms with Crippen molar-refractivity contribution in [2.45, 2.75) is 24.5 Å². The summed E-state index contributed by atoms with van der Waals surface area (Å²) in [6, 6.07) is 10.3. The van der Waals surface area contributed by atoms with Crippen LogP contribution in [0.1, 0.15) is 16.7 Å². The van der Waals surface area contributed by atoms with Gasteiger partial charge in [0.15, 0.2) is 0 Å². The molecule has 0 spiro atoms. The Morgan fingerprint density at radius 1 is 1.11 bits per heavy atom. The average Bonchev–Trinajstić information content (AvgIpc) is 2.37. The maximum Gasteiger partial charge on any atom is 0.146 e. The lowest BCUT2D eigenvalue weighted by Gasteiger charge is -2.06. The zero-order chi connectivity index (χ0) is 14.0. The Hall–Kier alpha value is -1.68. The van der Waals surface area contributed by atoms with E-state index < -0.39 is 16.6 Å². The number of halogens is 1. The van der Waals surface area contributed by atoms with E-state index in [0.717, 1.165) is 10.5 Å². The summed E-state index contributed by atoms with van der Waals surface area (Å²) in [5.74, 6) is -0.172. The van der Waals surface area contributed by atoms with Crippen LogP contribution >= 0.6 is 0 Å². The molecule has 0 amide bonds. The second-order valence-electron chi connectivity index (χ2n) is 4.59. The molecule has 4 heteroatoms. The summed E-state index contributed by atoms with van der Waals surface area (Å²) >= 11 is 0. The third-order valence-corrected chi connectivity index (χ3v) is 4.48. The number of nitrogens with two attached hydrogens (primary N) is 1. The molecule has 2 aromatic carbocycles. The zero-order valence-corrected chi connectivity index (χ0v) is 11.8. The number of anilines is 1. The number of aryl methyl sites for hydroxylation is 2. The first-order valence-electron chi connectivity index (χ1n) is 5.97. The van der Waals surface area contributed by atoms with E-state index in [1.165, 1.54) is 17.7 Å². The molecule has 0 aliphatic heterocycles. The van der Waals surface area contributed by atoms with Crippen LogP contribution in [0.4, 0.5) is 10.1 Å². The molecule has 0 aliphatic carbocycles. The van der Waals surface area contributed by atoms with Gasteiger partial charge in [0.1, 0.15) is 5.82 Å². The number of benzene rings is 2. The van der Waals surface area contributed by atoms with Crippen molar-refractivity contribution in [1.29, 1.82) is 0 Å². The van der Waals surface area contributed by atoms with Gasteiger partial charge in [-0.2, -0.15) is 0 Å². The van der Waals surface area contributed by atoms with Crippen LogP contribution in [0.15, 0.2) is 41.3 Å². The summed E-state index contributed by atoms with van der Waals surface area (Å²) in [6.07, 6.45) is 0. The molecule has 2 aromatic rings. The number of nitrogen functional groups attached to an aromatic ring is 1. The van der Waals surface area contributed by atoms with E-state index >= 15 is 0 Å². The molecule has 0 heterocycles. The minimum absolute atomic E-state index is 0.112. The van der Waals surface area contributed by atoms with Crippen LogP contribution in [0.5, 0.6) is 0 Å². The molecule has 0 radical (unpaired) electrons. The fourth-order valence-electron chi connectivity index (χ4n) is 1.75. The molecule has 1 unspecified atom stereocenters. The minimum Gasteiger partial charge on any atom is -0.396 e. The molecular formula is C15H16FNOS. The van der Waals surface area contributed by atoms with Crippen molar-refractivity contribution < 1.29 is 8.60 Å². The quantitative estimate of drug-likeness (QED) is 0.874. The molecule has 1 atom stereocenters. The van der Waals surface area contributed by atoms with Crippen molar-refractivity contribution in [3.8, 4) is 0 Å². The maximum atomic E-state index is 13.3. The van der Waals surface area contributed by atoms with E-state index in [-0.39, 0.29) is 5.69 Å². The van der Waals surface area contributed by atoms with Gasteiger partial charge in [-0.1, -0.05) is 12.1 Å². The summed E-state index contributed by atoms with van der Waals surface area (Å²) in [5, 5.41) is 0. The van der Waals surface area contributed by atoms with Gasteiger partial charge < -0.3 is 5.73 Å². The second kappa shape index (κ2) is 5.53. The molecule has 2 nitrogen and oxygen atoms in total. The average molecular weight is 277 g/mol. The first kappa shape index (κ1) is 13.7. The highest BCUT2D eigenvalue weighted by molar-refractivity contribution is 7.84. The molecule has 0 aromatic heterocycles. The second-order valence-corrected chi connectivity index (χ2v) is 6.04. The first-order chi connectivity index (χ1) is 8.97. The third-order valence-electron chi connectivity index (χ3n) is 3.10. The zero-order valence-electron chi connectivity index (χ0n) is 10.9. The molecule has 0 saturated carbocycles. The van der Waals surface area contributed by atoms with Gasteiger partial charge in [-0.05, 0) is 54.8 Å². The van der Waals surface area contributed by atoms with Crippen molar-refractivity contribution in [2.75, 3.05) is 5.73 Å². The highest BCUT2D eigenvalue weighted by atomic mass is 32.2. The lowest BCUT2D eigenvalue weighted by molar-refractivity contribution is 0.631. The maximum absolute atomic E-state index is 13.3. The van der Waals surface area contributed by atoms with E-state index in [2.05, 4.69) is 0 Å². The van der Waals surface area contributed by atoms with E-state index in [1.807, 2.05) is 32.0 Å². The summed E-state index contributed by atoms with van der Waals surface area (Å²) in [6.45, 7) is 4.00. The lowest BCUT2D eigenvalue weighted by atomic mass is 10.1. The predicted octanol–water partition coefficient (Wildman–Crippen LogP) is 3.33.